The first-order valence-electron chi connectivity index (χ1n) is 9.21. The van der Waals surface area contributed by atoms with Gasteiger partial charge in [0.25, 0.3) is 0 Å². The lowest BCUT2D eigenvalue weighted by Gasteiger charge is -2.13. The Labute approximate surface area is 168 Å². The molecule has 2 aromatic rings. The van der Waals surface area contributed by atoms with Crippen molar-refractivity contribution in [3.8, 4) is 0 Å². The number of aryl methyl sites for hydroxylation is 1. The third kappa shape index (κ3) is 4.78. The van der Waals surface area contributed by atoms with Crippen molar-refractivity contribution < 1.29 is 14.0 Å². The lowest BCUT2D eigenvalue weighted by molar-refractivity contribution is -0.128. The van der Waals surface area contributed by atoms with Crippen LogP contribution in [0.15, 0.2) is 53.5 Å². The number of nitrogens with zero attached hydrogens (tertiary/aromatic N) is 2. The van der Waals surface area contributed by atoms with Gasteiger partial charge in [-0.1, -0.05) is 30.8 Å². The highest BCUT2D eigenvalue weighted by Gasteiger charge is 2.38. The second-order valence-corrected chi connectivity index (χ2v) is 7.53. The van der Waals surface area contributed by atoms with Gasteiger partial charge in [0, 0.05) is 18.7 Å². The summed E-state index contributed by atoms with van der Waals surface area (Å²) in [6, 6.07) is 13.4. The van der Waals surface area contributed by atoms with Crippen LogP contribution < -0.4 is 5.32 Å². The molecule has 0 spiro atoms. The Kier molecular flexibility index (Phi) is 6.46. The molecule has 0 radical (unpaired) electrons. The van der Waals surface area contributed by atoms with Crippen molar-refractivity contribution in [2.45, 2.75) is 31.9 Å². The minimum Gasteiger partial charge on any atom is -0.326 e. The monoisotopic (exact) mass is 399 g/mol. The van der Waals surface area contributed by atoms with E-state index < -0.39 is 5.25 Å². The van der Waals surface area contributed by atoms with Crippen LogP contribution in [0.1, 0.15) is 25.8 Å². The maximum Gasteiger partial charge on any atom is 0.242 e. The summed E-state index contributed by atoms with van der Waals surface area (Å²) in [6.07, 6.45) is 1.00. The molecule has 5 nitrogen and oxygen atoms in total. The van der Waals surface area contributed by atoms with Crippen molar-refractivity contribution >= 4 is 40.1 Å². The number of nitrogens with one attached hydrogen (secondary N) is 1. The van der Waals surface area contributed by atoms with Crippen LogP contribution in [0, 0.1) is 5.82 Å². The standard InChI is InChI=1S/C21H22FN3O2S/c1-3-14-5-9-16(10-6-14)23-19(26)13-18-20(27)25(4-2)21(28-18)24-17-11-7-15(22)8-12-17/h5-12,18H,3-4,13H2,1-2H3,(H,23,26). The molecule has 1 atom stereocenters. The van der Waals surface area contributed by atoms with E-state index in [4.69, 9.17) is 0 Å². The largest absolute Gasteiger partial charge is 0.326 e. The van der Waals surface area contributed by atoms with Crippen LogP contribution >= 0.6 is 11.8 Å². The van der Waals surface area contributed by atoms with Gasteiger partial charge in [0.1, 0.15) is 11.1 Å². The number of rotatable bonds is 6. The molecule has 1 N–H and O–H groups in total. The number of aliphatic imine (C=N–C) groups is 1. The van der Waals surface area contributed by atoms with Gasteiger partial charge in [-0.25, -0.2) is 9.38 Å². The summed E-state index contributed by atoms with van der Waals surface area (Å²) >= 11 is 1.27. The molecular formula is C21H22FN3O2S. The zero-order chi connectivity index (χ0) is 20.1. The molecule has 1 unspecified atom stereocenters. The molecule has 7 heteroatoms. The summed E-state index contributed by atoms with van der Waals surface area (Å²) in [6.45, 7) is 4.39. The van der Waals surface area contributed by atoms with Crippen LogP contribution in [0.2, 0.25) is 0 Å². The van der Waals surface area contributed by atoms with Gasteiger partial charge in [-0.05, 0) is 55.3 Å². The molecule has 146 valence electrons. The lowest BCUT2D eigenvalue weighted by Crippen LogP contribution is -2.33. The molecule has 2 amide bonds. The molecule has 2 aromatic carbocycles. The van der Waals surface area contributed by atoms with Crippen LogP contribution in [0.4, 0.5) is 15.8 Å². The molecule has 1 fully saturated rings. The fourth-order valence-corrected chi connectivity index (χ4v) is 4.07. The minimum absolute atomic E-state index is 0.0674. The second-order valence-electron chi connectivity index (χ2n) is 6.36. The second kappa shape index (κ2) is 9.01. The predicted octanol–water partition coefficient (Wildman–Crippen LogP) is 4.37. The van der Waals surface area contributed by atoms with Gasteiger partial charge in [-0.15, -0.1) is 0 Å². The van der Waals surface area contributed by atoms with Crippen LogP contribution in [0.3, 0.4) is 0 Å². The summed E-state index contributed by atoms with van der Waals surface area (Å²) in [5, 5.41) is 2.85. The molecule has 3 rings (SSSR count). The Morgan fingerprint density at radius 2 is 1.82 bits per heavy atom. The maximum atomic E-state index is 13.1. The van der Waals surface area contributed by atoms with Crippen molar-refractivity contribution in [3.63, 3.8) is 0 Å². The van der Waals surface area contributed by atoms with E-state index in [9.17, 15) is 14.0 Å². The quantitative estimate of drug-likeness (QED) is 0.785. The Balaban J connectivity index is 1.67. The van der Waals surface area contributed by atoms with E-state index in [1.807, 2.05) is 31.2 Å². The number of carbonyl (C=O) groups is 2. The van der Waals surface area contributed by atoms with E-state index >= 15 is 0 Å². The summed E-state index contributed by atoms with van der Waals surface area (Å²) < 4.78 is 13.1. The topological polar surface area (TPSA) is 61.8 Å². The van der Waals surface area contributed by atoms with Gasteiger partial charge in [0.15, 0.2) is 5.17 Å². The zero-order valence-corrected chi connectivity index (χ0v) is 16.6. The van der Waals surface area contributed by atoms with Gasteiger partial charge >= 0.3 is 0 Å². The lowest BCUT2D eigenvalue weighted by atomic mass is 10.1. The van der Waals surface area contributed by atoms with Crippen LogP contribution in [0.25, 0.3) is 0 Å². The number of amides is 2. The van der Waals surface area contributed by atoms with Crippen LogP contribution in [-0.4, -0.2) is 33.7 Å². The Hall–Kier alpha value is -2.67. The van der Waals surface area contributed by atoms with Crippen molar-refractivity contribution in [3.05, 3.63) is 59.9 Å². The van der Waals surface area contributed by atoms with E-state index in [2.05, 4.69) is 17.2 Å². The molecule has 1 aliphatic heterocycles. The predicted molar refractivity (Wildman–Crippen MR) is 111 cm³/mol. The molecule has 0 aliphatic carbocycles. The number of benzene rings is 2. The number of thioether (sulfide) groups is 1. The van der Waals surface area contributed by atoms with Crippen LogP contribution in [-0.2, 0) is 16.0 Å². The number of halogens is 1. The number of hydrogen-bond acceptors (Lipinski definition) is 4. The van der Waals surface area contributed by atoms with E-state index in [0.717, 1.165) is 6.42 Å². The summed E-state index contributed by atoms with van der Waals surface area (Å²) in [5.41, 5.74) is 2.47. The first kappa shape index (κ1) is 20.1. The van der Waals surface area contributed by atoms with Gasteiger partial charge in [0.05, 0.1) is 5.69 Å². The summed E-state index contributed by atoms with van der Waals surface area (Å²) in [5.74, 6) is -0.688. The first-order valence-corrected chi connectivity index (χ1v) is 10.1. The van der Waals surface area contributed by atoms with E-state index in [-0.39, 0.29) is 24.1 Å². The van der Waals surface area contributed by atoms with Crippen molar-refractivity contribution in [2.24, 2.45) is 4.99 Å². The molecular weight excluding hydrogens is 377 g/mol. The smallest absolute Gasteiger partial charge is 0.242 e. The van der Waals surface area contributed by atoms with Gasteiger partial charge in [0.2, 0.25) is 11.8 Å². The van der Waals surface area contributed by atoms with E-state index in [1.165, 1.54) is 29.5 Å². The number of amidine groups is 1. The number of anilines is 1. The first-order chi connectivity index (χ1) is 13.5. The number of carbonyl (C=O) groups excluding carboxylic acids is 2. The molecule has 1 aliphatic rings. The highest BCUT2D eigenvalue weighted by molar-refractivity contribution is 8.15. The van der Waals surface area contributed by atoms with Gasteiger partial charge in [-0.3, -0.25) is 14.5 Å². The Morgan fingerprint density at radius 1 is 1.14 bits per heavy atom. The van der Waals surface area contributed by atoms with E-state index in [1.54, 1.807) is 17.0 Å². The van der Waals surface area contributed by atoms with Crippen molar-refractivity contribution in [2.75, 3.05) is 11.9 Å². The molecule has 0 saturated carbocycles. The Morgan fingerprint density at radius 3 is 2.43 bits per heavy atom. The SMILES string of the molecule is CCc1ccc(NC(=O)CC2SC(=Nc3ccc(F)cc3)N(CC)C2=O)cc1. The number of hydrogen-bond donors (Lipinski definition) is 1. The van der Waals surface area contributed by atoms with Crippen molar-refractivity contribution in [1.29, 1.82) is 0 Å². The minimum atomic E-state index is -0.519. The van der Waals surface area contributed by atoms with Gasteiger partial charge in [-0.2, -0.15) is 0 Å². The Bertz CT molecular complexity index is 882. The fraction of sp³-hybridized carbons (Fsp3) is 0.286. The third-order valence-electron chi connectivity index (χ3n) is 4.40. The molecule has 0 bridgehead atoms. The average Bonchev–Trinajstić information content (AvgIpc) is 2.98. The maximum absolute atomic E-state index is 13.1. The highest BCUT2D eigenvalue weighted by atomic mass is 32.2. The molecule has 28 heavy (non-hydrogen) atoms. The molecule has 0 aromatic heterocycles. The summed E-state index contributed by atoms with van der Waals surface area (Å²) in [7, 11) is 0. The molecule has 1 heterocycles. The average molecular weight is 399 g/mol. The highest BCUT2D eigenvalue weighted by Crippen LogP contribution is 2.31. The molecule has 1 saturated heterocycles. The van der Waals surface area contributed by atoms with Gasteiger partial charge < -0.3 is 5.32 Å². The van der Waals surface area contributed by atoms with Crippen molar-refractivity contribution in [1.82, 2.24) is 4.90 Å². The zero-order valence-electron chi connectivity index (χ0n) is 15.8. The summed E-state index contributed by atoms with van der Waals surface area (Å²) in [4.78, 5) is 31.0. The third-order valence-corrected chi connectivity index (χ3v) is 5.58. The fourth-order valence-electron chi connectivity index (χ4n) is 2.85. The normalized spacial score (nSPS) is 18.0. The van der Waals surface area contributed by atoms with E-state index in [0.29, 0.717) is 23.1 Å². The van der Waals surface area contributed by atoms with Crippen LogP contribution in [0.5, 0.6) is 0 Å².